The van der Waals surface area contributed by atoms with E-state index in [1.165, 1.54) is 0 Å². The molecule has 3 rings (SSSR count). The van der Waals surface area contributed by atoms with E-state index in [4.69, 9.17) is 9.15 Å². The number of rotatable bonds is 8. The molecule has 6 nitrogen and oxygen atoms in total. The average molecular weight is 506 g/mol. The number of methoxy groups -OCH3 is 1. The Morgan fingerprint density at radius 1 is 1.07 bits per heavy atom. The molecule has 0 aliphatic carbocycles. The zero-order chi connectivity index (χ0) is 19.6. The van der Waals surface area contributed by atoms with E-state index in [0.29, 0.717) is 12.4 Å². The summed E-state index contributed by atoms with van der Waals surface area (Å²) in [5.74, 6) is 2.27. The monoisotopic (exact) mass is 506 g/mol. The van der Waals surface area contributed by atoms with Gasteiger partial charge in [-0.1, -0.05) is 36.4 Å². The van der Waals surface area contributed by atoms with Crippen molar-refractivity contribution in [1.82, 2.24) is 15.6 Å². The van der Waals surface area contributed by atoms with Crippen molar-refractivity contribution in [2.45, 2.75) is 19.9 Å². The van der Waals surface area contributed by atoms with Crippen molar-refractivity contribution in [3.05, 3.63) is 72.1 Å². The molecule has 29 heavy (non-hydrogen) atoms. The molecule has 0 saturated carbocycles. The summed E-state index contributed by atoms with van der Waals surface area (Å²) in [7, 11) is 1.69. The molecule has 0 aliphatic rings. The van der Waals surface area contributed by atoms with Gasteiger partial charge in [-0.2, -0.15) is 0 Å². The minimum absolute atomic E-state index is 0. The molecule has 0 aliphatic heterocycles. The van der Waals surface area contributed by atoms with E-state index in [0.717, 1.165) is 48.0 Å². The van der Waals surface area contributed by atoms with Gasteiger partial charge in [-0.3, -0.25) is 0 Å². The first kappa shape index (κ1) is 22.7. The van der Waals surface area contributed by atoms with Gasteiger partial charge in [0.05, 0.1) is 13.7 Å². The highest BCUT2D eigenvalue weighted by molar-refractivity contribution is 14.0. The number of nitrogens with zero attached hydrogens (tertiary/aromatic N) is 2. The summed E-state index contributed by atoms with van der Waals surface area (Å²) >= 11 is 0. The van der Waals surface area contributed by atoms with Crippen LogP contribution in [0.4, 0.5) is 0 Å². The SMILES string of the molecule is CCNC(=NCc1coc(-c2ccccc2)n1)NCCc1ccccc1OC.I. The van der Waals surface area contributed by atoms with E-state index in [-0.39, 0.29) is 24.0 Å². The van der Waals surface area contributed by atoms with Crippen LogP contribution in [0.2, 0.25) is 0 Å². The van der Waals surface area contributed by atoms with Crippen LogP contribution < -0.4 is 15.4 Å². The lowest BCUT2D eigenvalue weighted by Gasteiger charge is -2.12. The lowest BCUT2D eigenvalue weighted by Crippen LogP contribution is -2.38. The molecular formula is C22H27IN4O2. The number of ether oxygens (including phenoxy) is 1. The maximum absolute atomic E-state index is 5.57. The Bertz CT molecular complexity index is 897. The number of guanidine groups is 1. The van der Waals surface area contributed by atoms with Gasteiger partial charge >= 0.3 is 0 Å². The van der Waals surface area contributed by atoms with E-state index >= 15 is 0 Å². The summed E-state index contributed by atoms with van der Waals surface area (Å²) < 4.78 is 11.0. The summed E-state index contributed by atoms with van der Waals surface area (Å²) in [6, 6.07) is 17.9. The number of oxazole rings is 1. The fourth-order valence-corrected chi connectivity index (χ4v) is 2.82. The summed E-state index contributed by atoms with van der Waals surface area (Å²) in [5.41, 5.74) is 2.91. The molecule has 0 amide bonds. The van der Waals surface area contributed by atoms with Gasteiger partial charge in [-0.15, -0.1) is 24.0 Å². The second kappa shape index (κ2) is 12.1. The highest BCUT2D eigenvalue weighted by Gasteiger charge is 2.07. The van der Waals surface area contributed by atoms with Crippen LogP contribution in [-0.4, -0.2) is 31.1 Å². The van der Waals surface area contributed by atoms with E-state index in [1.54, 1.807) is 13.4 Å². The van der Waals surface area contributed by atoms with Crippen LogP contribution in [0.3, 0.4) is 0 Å². The lowest BCUT2D eigenvalue weighted by atomic mass is 10.1. The molecule has 0 fully saturated rings. The van der Waals surface area contributed by atoms with Gasteiger partial charge in [0, 0.05) is 18.7 Å². The van der Waals surface area contributed by atoms with Crippen LogP contribution in [0, 0.1) is 0 Å². The van der Waals surface area contributed by atoms with Crippen molar-refractivity contribution < 1.29 is 9.15 Å². The summed E-state index contributed by atoms with van der Waals surface area (Å²) in [4.78, 5) is 9.12. The first-order valence-corrected chi connectivity index (χ1v) is 9.44. The second-order valence-corrected chi connectivity index (χ2v) is 6.19. The van der Waals surface area contributed by atoms with Gasteiger partial charge in [0.1, 0.15) is 17.7 Å². The number of aliphatic imine (C=N–C) groups is 1. The minimum atomic E-state index is 0. The maximum Gasteiger partial charge on any atom is 0.226 e. The highest BCUT2D eigenvalue weighted by atomic mass is 127. The third-order valence-corrected chi connectivity index (χ3v) is 4.20. The van der Waals surface area contributed by atoms with E-state index < -0.39 is 0 Å². The molecule has 0 atom stereocenters. The number of para-hydroxylation sites is 1. The quantitative estimate of drug-likeness (QED) is 0.272. The predicted molar refractivity (Wildman–Crippen MR) is 127 cm³/mol. The van der Waals surface area contributed by atoms with Crippen LogP contribution >= 0.6 is 24.0 Å². The van der Waals surface area contributed by atoms with Crippen LogP contribution in [0.15, 0.2) is 70.3 Å². The fraction of sp³-hybridized carbons (Fsp3) is 0.273. The van der Waals surface area contributed by atoms with Crippen LogP contribution in [0.1, 0.15) is 18.2 Å². The first-order chi connectivity index (χ1) is 13.8. The molecule has 154 valence electrons. The van der Waals surface area contributed by atoms with E-state index in [9.17, 15) is 0 Å². The standard InChI is InChI=1S/C22H26N4O2.HI/c1-3-23-22(24-14-13-17-9-7-8-12-20(17)27-2)25-15-19-16-28-21(26-19)18-10-5-4-6-11-18;/h4-12,16H,3,13-15H2,1-2H3,(H2,23,24,25);1H. The first-order valence-electron chi connectivity index (χ1n) is 9.44. The smallest absolute Gasteiger partial charge is 0.226 e. The van der Waals surface area contributed by atoms with Crippen LogP contribution in [-0.2, 0) is 13.0 Å². The molecule has 2 N–H and O–H groups in total. The van der Waals surface area contributed by atoms with Crippen molar-refractivity contribution in [3.8, 4) is 17.2 Å². The molecule has 1 aromatic heterocycles. The summed E-state index contributed by atoms with van der Waals surface area (Å²) in [5, 5.41) is 6.61. The molecule has 1 heterocycles. The largest absolute Gasteiger partial charge is 0.496 e. The topological polar surface area (TPSA) is 71.7 Å². The van der Waals surface area contributed by atoms with Crippen molar-refractivity contribution in [1.29, 1.82) is 0 Å². The maximum atomic E-state index is 5.57. The zero-order valence-corrected chi connectivity index (χ0v) is 19.1. The Hall–Kier alpha value is -2.55. The normalized spacial score (nSPS) is 10.9. The number of halogens is 1. The second-order valence-electron chi connectivity index (χ2n) is 6.19. The van der Waals surface area contributed by atoms with Crippen molar-refractivity contribution in [3.63, 3.8) is 0 Å². The highest BCUT2D eigenvalue weighted by Crippen LogP contribution is 2.18. The summed E-state index contributed by atoms with van der Waals surface area (Å²) in [6.45, 7) is 4.02. The molecule has 7 heteroatoms. The van der Waals surface area contributed by atoms with Gasteiger partial charge in [0.25, 0.3) is 0 Å². The summed E-state index contributed by atoms with van der Waals surface area (Å²) in [6.07, 6.45) is 2.50. The number of hydrogen-bond acceptors (Lipinski definition) is 4. The van der Waals surface area contributed by atoms with Gasteiger partial charge in [-0.25, -0.2) is 9.98 Å². The molecule has 0 saturated heterocycles. The number of hydrogen-bond donors (Lipinski definition) is 2. The van der Waals surface area contributed by atoms with Gasteiger partial charge in [0.15, 0.2) is 5.96 Å². The Morgan fingerprint density at radius 2 is 1.83 bits per heavy atom. The third kappa shape index (κ3) is 6.77. The molecule has 0 radical (unpaired) electrons. The van der Waals surface area contributed by atoms with Crippen molar-refractivity contribution >= 4 is 29.9 Å². The van der Waals surface area contributed by atoms with Gasteiger partial charge < -0.3 is 19.8 Å². The predicted octanol–water partition coefficient (Wildman–Crippen LogP) is 4.27. The van der Waals surface area contributed by atoms with Crippen LogP contribution in [0.25, 0.3) is 11.5 Å². The third-order valence-electron chi connectivity index (χ3n) is 4.20. The molecule has 0 unspecified atom stereocenters. The lowest BCUT2D eigenvalue weighted by molar-refractivity contribution is 0.409. The van der Waals surface area contributed by atoms with Gasteiger partial charge in [0.2, 0.25) is 5.89 Å². The fourth-order valence-electron chi connectivity index (χ4n) is 2.82. The van der Waals surface area contributed by atoms with E-state index in [2.05, 4.69) is 26.7 Å². The molecular weight excluding hydrogens is 479 g/mol. The molecule has 2 aromatic carbocycles. The number of benzene rings is 2. The minimum Gasteiger partial charge on any atom is -0.496 e. The molecule has 0 bridgehead atoms. The van der Waals surface area contributed by atoms with E-state index in [1.807, 2.05) is 55.5 Å². The Labute approximate surface area is 188 Å². The Kier molecular flexibility index (Phi) is 9.49. The van der Waals surface area contributed by atoms with Crippen molar-refractivity contribution in [2.24, 2.45) is 4.99 Å². The number of aromatic nitrogens is 1. The Morgan fingerprint density at radius 3 is 2.59 bits per heavy atom. The van der Waals surface area contributed by atoms with Crippen LogP contribution in [0.5, 0.6) is 5.75 Å². The van der Waals surface area contributed by atoms with Gasteiger partial charge in [-0.05, 0) is 37.1 Å². The number of nitrogens with one attached hydrogen (secondary N) is 2. The Balaban J connectivity index is 0.00000300. The molecule has 0 spiro atoms. The average Bonchev–Trinajstić information content (AvgIpc) is 3.22. The zero-order valence-electron chi connectivity index (χ0n) is 16.7. The van der Waals surface area contributed by atoms with Crippen molar-refractivity contribution in [2.75, 3.05) is 20.2 Å². The molecule has 3 aromatic rings.